The molecule has 2 rings (SSSR count). The van der Waals surface area contributed by atoms with Gasteiger partial charge in [0.15, 0.2) is 6.10 Å². The molecule has 0 bridgehead atoms. The average molecular weight is 369 g/mol. The maximum Gasteiger partial charge on any atom is 0.281 e. The summed E-state index contributed by atoms with van der Waals surface area (Å²) in [4.78, 5) is 14.4. The molecule has 0 saturated heterocycles. The number of hydrazone groups is 1. The summed E-state index contributed by atoms with van der Waals surface area (Å²) in [6.07, 6.45) is 2.44. The van der Waals surface area contributed by atoms with E-state index in [1.54, 1.807) is 37.6 Å². The van der Waals surface area contributed by atoms with Crippen LogP contribution in [-0.2, 0) is 4.79 Å². The minimum absolute atomic E-state index is 0.270. The van der Waals surface area contributed by atoms with Crippen molar-refractivity contribution in [1.82, 2.24) is 5.43 Å². The Bertz CT molecular complexity index is 740. The number of benzene rings is 2. The van der Waals surface area contributed by atoms with Crippen molar-refractivity contribution in [3.63, 3.8) is 0 Å². The van der Waals surface area contributed by atoms with E-state index < -0.39 is 6.10 Å². The van der Waals surface area contributed by atoms with Gasteiger partial charge < -0.3 is 14.4 Å². The minimum atomic E-state index is -0.600. The molecule has 0 aromatic heterocycles. The quantitative estimate of drug-likeness (QED) is 0.543. The first-order valence-electron chi connectivity index (χ1n) is 8.94. The molecule has 1 unspecified atom stereocenters. The van der Waals surface area contributed by atoms with Gasteiger partial charge in [-0.05, 0) is 48.4 Å². The largest absolute Gasteiger partial charge is 0.497 e. The van der Waals surface area contributed by atoms with Crippen molar-refractivity contribution < 1.29 is 14.3 Å². The molecule has 144 valence electrons. The molecular formula is C21H27N3O3. The molecule has 2 aromatic carbocycles. The number of ether oxygens (including phenoxy) is 2. The summed E-state index contributed by atoms with van der Waals surface area (Å²) in [6, 6.07) is 15.0. The molecule has 6 nitrogen and oxygen atoms in total. The number of rotatable bonds is 9. The highest BCUT2D eigenvalue weighted by Gasteiger charge is 2.19. The Morgan fingerprint density at radius 3 is 2.30 bits per heavy atom. The highest BCUT2D eigenvalue weighted by Crippen LogP contribution is 2.19. The molecule has 27 heavy (non-hydrogen) atoms. The number of hydrogen-bond donors (Lipinski definition) is 1. The molecule has 0 aliphatic heterocycles. The molecule has 0 aliphatic rings. The summed E-state index contributed by atoms with van der Waals surface area (Å²) >= 11 is 0. The van der Waals surface area contributed by atoms with E-state index in [1.807, 2.05) is 50.2 Å². The van der Waals surface area contributed by atoms with E-state index in [0.29, 0.717) is 12.2 Å². The lowest BCUT2D eigenvalue weighted by atomic mass is 10.2. The number of methoxy groups -OCH3 is 1. The van der Waals surface area contributed by atoms with E-state index >= 15 is 0 Å². The van der Waals surface area contributed by atoms with Crippen molar-refractivity contribution in [2.45, 2.75) is 25.9 Å². The third-order valence-electron chi connectivity index (χ3n) is 3.98. The predicted molar refractivity (Wildman–Crippen MR) is 109 cm³/mol. The van der Waals surface area contributed by atoms with Crippen molar-refractivity contribution in [3.8, 4) is 11.5 Å². The van der Waals surface area contributed by atoms with E-state index in [9.17, 15) is 4.79 Å². The summed E-state index contributed by atoms with van der Waals surface area (Å²) < 4.78 is 10.9. The SMILES string of the molecule is CCCC(Oc1ccc(OC)cc1)C(=O)N/N=C\c1ccc(N(C)C)cc1. The van der Waals surface area contributed by atoms with Crippen LogP contribution in [0.15, 0.2) is 53.6 Å². The molecule has 0 fully saturated rings. The second-order valence-corrected chi connectivity index (χ2v) is 6.29. The Balaban J connectivity index is 1.94. The zero-order chi connectivity index (χ0) is 19.6. The summed E-state index contributed by atoms with van der Waals surface area (Å²) in [6.45, 7) is 2.01. The van der Waals surface area contributed by atoms with Gasteiger partial charge in [0.05, 0.1) is 13.3 Å². The molecular weight excluding hydrogens is 342 g/mol. The van der Waals surface area contributed by atoms with Crippen LogP contribution in [0.25, 0.3) is 0 Å². The maximum absolute atomic E-state index is 12.4. The van der Waals surface area contributed by atoms with Crippen molar-refractivity contribution in [2.75, 3.05) is 26.1 Å². The Morgan fingerprint density at radius 1 is 1.11 bits per heavy atom. The number of amides is 1. The summed E-state index contributed by atoms with van der Waals surface area (Å²) in [7, 11) is 5.58. The van der Waals surface area contributed by atoms with Crippen LogP contribution in [0.3, 0.4) is 0 Å². The predicted octanol–water partition coefficient (Wildman–Crippen LogP) is 3.46. The van der Waals surface area contributed by atoms with Gasteiger partial charge in [-0.25, -0.2) is 5.43 Å². The van der Waals surface area contributed by atoms with Crippen LogP contribution < -0.4 is 19.8 Å². The molecule has 0 aliphatic carbocycles. The van der Waals surface area contributed by atoms with Crippen LogP contribution in [-0.4, -0.2) is 39.4 Å². The molecule has 1 N–H and O–H groups in total. The average Bonchev–Trinajstić information content (AvgIpc) is 2.68. The van der Waals surface area contributed by atoms with Gasteiger partial charge in [0.25, 0.3) is 5.91 Å². The lowest BCUT2D eigenvalue weighted by Gasteiger charge is -2.17. The summed E-state index contributed by atoms with van der Waals surface area (Å²) in [5.41, 5.74) is 4.58. The monoisotopic (exact) mass is 369 g/mol. The van der Waals surface area contributed by atoms with E-state index in [-0.39, 0.29) is 5.91 Å². The minimum Gasteiger partial charge on any atom is -0.497 e. The number of nitrogens with zero attached hydrogens (tertiary/aromatic N) is 2. The van der Waals surface area contributed by atoms with Gasteiger partial charge in [-0.2, -0.15) is 5.10 Å². The fourth-order valence-corrected chi connectivity index (χ4v) is 2.43. The van der Waals surface area contributed by atoms with Crippen molar-refractivity contribution in [3.05, 3.63) is 54.1 Å². The Hall–Kier alpha value is -3.02. The topological polar surface area (TPSA) is 63.2 Å². The Kier molecular flexibility index (Phi) is 7.67. The zero-order valence-electron chi connectivity index (χ0n) is 16.3. The van der Waals surface area contributed by atoms with Crippen LogP contribution in [0.2, 0.25) is 0 Å². The number of nitrogens with one attached hydrogen (secondary N) is 1. The van der Waals surface area contributed by atoms with Gasteiger partial charge in [-0.1, -0.05) is 25.5 Å². The van der Waals surface area contributed by atoms with E-state index in [4.69, 9.17) is 9.47 Å². The Morgan fingerprint density at radius 2 is 1.74 bits per heavy atom. The Labute approximate surface area is 160 Å². The summed E-state index contributed by atoms with van der Waals surface area (Å²) in [5, 5.41) is 4.05. The normalized spacial score (nSPS) is 11.9. The molecule has 6 heteroatoms. The van der Waals surface area contributed by atoms with Crippen LogP contribution in [0, 0.1) is 0 Å². The highest BCUT2D eigenvalue weighted by atomic mass is 16.5. The number of carbonyl (C=O) groups excluding carboxylic acids is 1. The van der Waals surface area contributed by atoms with Crippen LogP contribution in [0.1, 0.15) is 25.3 Å². The summed E-state index contributed by atoms with van der Waals surface area (Å²) in [5.74, 6) is 1.09. The van der Waals surface area contributed by atoms with Crippen LogP contribution in [0.5, 0.6) is 11.5 Å². The molecule has 0 spiro atoms. The molecule has 1 atom stereocenters. The molecule has 0 radical (unpaired) electrons. The second kappa shape index (κ2) is 10.2. The molecule has 1 amide bonds. The fourth-order valence-electron chi connectivity index (χ4n) is 2.43. The van der Waals surface area contributed by atoms with Gasteiger partial charge in [0.2, 0.25) is 0 Å². The maximum atomic E-state index is 12.4. The second-order valence-electron chi connectivity index (χ2n) is 6.29. The van der Waals surface area contributed by atoms with Crippen molar-refractivity contribution in [1.29, 1.82) is 0 Å². The van der Waals surface area contributed by atoms with E-state index in [1.165, 1.54) is 0 Å². The van der Waals surface area contributed by atoms with Gasteiger partial charge in [0, 0.05) is 19.8 Å². The first-order chi connectivity index (χ1) is 13.0. The van der Waals surface area contributed by atoms with E-state index in [2.05, 4.69) is 10.5 Å². The number of hydrogen-bond acceptors (Lipinski definition) is 5. The number of carbonyl (C=O) groups is 1. The van der Waals surface area contributed by atoms with Gasteiger partial charge in [0.1, 0.15) is 11.5 Å². The third kappa shape index (κ3) is 6.33. The molecule has 2 aromatic rings. The van der Waals surface area contributed by atoms with Gasteiger partial charge >= 0.3 is 0 Å². The first-order valence-corrected chi connectivity index (χ1v) is 8.94. The standard InChI is InChI=1S/C21H27N3O3/c1-5-6-20(27-19-13-11-18(26-4)12-14-19)21(25)23-22-15-16-7-9-17(10-8-16)24(2)3/h7-15,20H,5-6H2,1-4H3,(H,23,25)/b22-15-. The van der Waals surface area contributed by atoms with Crippen LogP contribution >= 0.6 is 0 Å². The zero-order valence-corrected chi connectivity index (χ0v) is 16.3. The van der Waals surface area contributed by atoms with Crippen molar-refractivity contribution >= 4 is 17.8 Å². The smallest absolute Gasteiger partial charge is 0.281 e. The lowest BCUT2D eigenvalue weighted by molar-refractivity contribution is -0.128. The highest BCUT2D eigenvalue weighted by molar-refractivity contribution is 5.84. The van der Waals surface area contributed by atoms with E-state index in [0.717, 1.165) is 23.4 Å². The number of anilines is 1. The molecule has 0 heterocycles. The fraction of sp³-hybridized carbons (Fsp3) is 0.333. The first kappa shape index (κ1) is 20.3. The van der Waals surface area contributed by atoms with Gasteiger partial charge in [-0.3, -0.25) is 4.79 Å². The van der Waals surface area contributed by atoms with Crippen molar-refractivity contribution in [2.24, 2.45) is 5.10 Å². The third-order valence-corrected chi connectivity index (χ3v) is 3.98. The molecule has 0 saturated carbocycles. The van der Waals surface area contributed by atoms with Crippen LogP contribution in [0.4, 0.5) is 5.69 Å². The lowest BCUT2D eigenvalue weighted by Crippen LogP contribution is -2.35. The van der Waals surface area contributed by atoms with Gasteiger partial charge in [-0.15, -0.1) is 0 Å².